The molecule has 0 atom stereocenters. The number of amides is 1. The van der Waals surface area contributed by atoms with Crippen LogP contribution in [0.2, 0.25) is 0 Å². The van der Waals surface area contributed by atoms with E-state index in [0.29, 0.717) is 18.7 Å². The van der Waals surface area contributed by atoms with Crippen molar-refractivity contribution in [2.24, 2.45) is 0 Å². The quantitative estimate of drug-likeness (QED) is 0.825. The molecule has 0 aromatic carbocycles. The third-order valence-corrected chi connectivity index (χ3v) is 2.34. The van der Waals surface area contributed by atoms with E-state index in [2.05, 4.69) is 15.4 Å². The lowest BCUT2D eigenvalue weighted by atomic mass is 10.2. The van der Waals surface area contributed by atoms with Crippen LogP contribution in [0.25, 0.3) is 0 Å². The van der Waals surface area contributed by atoms with Gasteiger partial charge < -0.3 is 5.32 Å². The second kappa shape index (κ2) is 5.72. The molecule has 92 valence electrons. The van der Waals surface area contributed by atoms with Gasteiger partial charge in [-0.15, -0.1) is 0 Å². The Bertz CT molecular complexity index is 580. The molecule has 0 unspecified atom stereocenters. The molecule has 1 N–H and O–H groups in total. The molecule has 18 heavy (non-hydrogen) atoms. The second-order valence-corrected chi connectivity index (χ2v) is 3.58. The van der Waals surface area contributed by atoms with Crippen LogP contribution in [0.15, 0.2) is 47.7 Å². The van der Waals surface area contributed by atoms with Crippen molar-refractivity contribution in [2.75, 3.05) is 6.54 Å². The van der Waals surface area contributed by atoms with Crippen LogP contribution in [-0.2, 0) is 6.54 Å². The normalized spacial score (nSPS) is 10.0. The Labute approximate surface area is 103 Å². The third-order valence-electron chi connectivity index (χ3n) is 2.34. The first-order chi connectivity index (χ1) is 8.77. The molecule has 1 amide bonds. The highest BCUT2D eigenvalue weighted by atomic mass is 16.1. The van der Waals surface area contributed by atoms with Crippen molar-refractivity contribution >= 4 is 5.91 Å². The van der Waals surface area contributed by atoms with Crippen LogP contribution < -0.4 is 10.9 Å². The maximum atomic E-state index is 11.7. The molecule has 0 bridgehead atoms. The Balaban J connectivity index is 1.88. The molecule has 2 rings (SSSR count). The number of nitrogens with one attached hydrogen (secondary N) is 1. The van der Waals surface area contributed by atoms with Crippen LogP contribution in [0.1, 0.15) is 10.4 Å². The summed E-state index contributed by atoms with van der Waals surface area (Å²) in [6, 6.07) is 6.26. The minimum absolute atomic E-state index is 0.185. The molecule has 2 aromatic heterocycles. The van der Waals surface area contributed by atoms with Crippen LogP contribution in [0.4, 0.5) is 0 Å². The largest absolute Gasteiger partial charge is 0.350 e. The third kappa shape index (κ3) is 3.00. The number of carbonyl (C=O) groups is 1. The van der Waals surface area contributed by atoms with Gasteiger partial charge in [-0.05, 0) is 18.2 Å². The van der Waals surface area contributed by atoms with Gasteiger partial charge in [0.25, 0.3) is 11.5 Å². The Hall–Kier alpha value is -2.50. The summed E-state index contributed by atoms with van der Waals surface area (Å²) in [5, 5.41) is 6.60. The second-order valence-electron chi connectivity index (χ2n) is 3.58. The summed E-state index contributed by atoms with van der Waals surface area (Å²) >= 11 is 0. The molecular formula is C12H12N4O2. The SMILES string of the molecule is O=C(NCCn1ncccc1=O)c1ccncc1. The molecule has 0 saturated heterocycles. The molecule has 0 aliphatic rings. The Kier molecular flexibility index (Phi) is 3.80. The zero-order valence-electron chi connectivity index (χ0n) is 9.61. The van der Waals surface area contributed by atoms with Crippen molar-refractivity contribution in [1.82, 2.24) is 20.1 Å². The van der Waals surface area contributed by atoms with Gasteiger partial charge in [-0.25, -0.2) is 4.68 Å². The van der Waals surface area contributed by atoms with Crippen molar-refractivity contribution in [3.63, 3.8) is 0 Å². The van der Waals surface area contributed by atoms with Gasteiger partial charge in [0.15, 0.2) is 0 Å². The summed E-state index contributed by atoms with van der Waals surface area (Å²) < 4.78 is 1.30. The van der Waals surface area contributed by atoms with E-state index < -0.39 is 0 Å². The zero-order valence-corrected chi connectivity index (χ0v) is 9.61. The number of nitrogens with zero attached hydrogens (tertiary/aromatic N) is 3. The first-order valence-corrected chi connectivity index (χ1v) is 5.48. The first-order valence-electron chi connectivity index (χ1n) is 5.48. The summed E-state index contributed by atoms with van der Waals surface area (Å²) in [4.78, 5) is 26.8. The van der Waals surface area contributed by atoms with Gasteiger partial charge in [0.05, 0.1) is 6.54 Å². The minimum atomic E-state index is -0.193. The summed E-state index contributed by atoms with van der Waals surface area (Å²) in [7, 11) is 0. The molecule has 0 aliphatic carbocycles. The molecule has 0 fully saturated rings. The lowest BCUT2D eigenvalue weighted by Crippen LogP contribution is -2.31. The van der Waals surface area contributed by atoms with Crippen molar-refractivity contribution < 1.29 is 4.79 Å². The predicted molar refractivity (Wildman–Crippen MR) is 65.1 cm³/mol. The lowest BCUT2D eigenvalue weighted by molar-refractivity contribution is 0.0951. The highest BCUT2D eigenvalue weighted by Gasteiger charge is 2.03. The Morgan fingerprint density at radius 2 is 2.00 bits per heavy atom. The van der Waals surface area contributed by atoms with Crippen LogP contribution in [0.3, 0.4) is 0 Å². The van der Waals surface area contributed by atoms with Crippen LogP contribution in [-0.4, -0.2) is 27.2 Å². The van der Waals surface area contributed by atoms with Crippen LogP contribution in [0.5, 0.6) is 0 Å². The fourth-order valence-electron chi connectivity index (χ4n) is 1.44. The van der Waals surface area contributed by atoms with E-state index in [1.807, 2.05) is 0 Å². The Morgan fingerprint density at radius 1 is 1.22 bits per heavy atom. The summed E-state index contributed by atoms with van der Waals surface area (Å²) in [5.74, 6) is -0.193. The van der Waals surface area contributed by atoms with Crippen LogP contribution >= 0.6 is 0 Å². The molecule has 6 heteroatoms. The predicted octanol–water partition coefficient (Wildman–Crippen LogP) is 0.0683. The summed E-state index contributed by atoms with van der Waals surface area (Å²) in [6.07, 6.45) is 4.64. The number of aromatic nitrogens is 3. The van der Waals surface area contributed by atoms with Gasteiger partial charge in [0.2, 0.25) is 0 Å². The zero-order chi connectivity index (χ0) is 12.8. The van der Waals surface area contributed by atoms with E-state index in [1.54, 1.807) is 30.6 Å². The molecule has 2 heterocycles. The molecule has 0 aliphatic heterocycles. The fourth-order valence-corrected chi connectivity index (χ4v) is 1.44. The van der Waals surface area contributed by atoms with E-state index in [0.717, 1.165) is 0 Å². The van der Waals surface area contributed by atoms with Gasteiger partial charge in [0.1, 0.15) is 0 Å². The van der Waals surface area contributed by atoms with Gasteiger partial charge in [0, 0.05) is 36.8 Å². The average Bonchev–Trinajstić information content (AvgIpc) is 2.42. The molecule has 6 nitrogen and oxygen atoms in total. The van der Waals surface area contributed by atoms with Crippen molar-refractivity contribution in [1.29, 1.82) is 0 Å². The first kappa shape index (κ1) is 12.0. The van der Waals surface area contributed by atoms with Gasteiger partial charge in [-0.3, -0.25) is 14.6 Å². The fraction of sp³-hybridized carbons (Fsp3) is 0.167. The molecular weight excluding hydrogens is 232 g/mol. The Morgan fingerprint density at radius 3 is 2.72 bits per heavy atom. The molecule has 0 saturated carbocycles. The van der Waals surface area contributed by atoms with Crippen molar-refractivity contribution in [3.05, 3.63) is 58.8 Å². The maximum Gasteiger partial charge on any atom is 0.266 e. The van der Waals surface area contributed by atoms with Gasteiger partial charge in [-0.1, -0.05) is 0 Å². The van der Waals surface area contributed by atoms with Crippen LogP contribution in [0, 0.1) is 0 Å². The lowest BCUT2D eigenvalue weighted by Gasteiger charge is -2.05. The van der Waals surface area contributed by atoms with E-state index in [1.165, 1.54) is 16.9 Å². The highest BCUT2D eigenvalue weighted by molar-refractivity contribution is 5.93. The van der Waals surface area contributed by atoms with Gasteiger partial charge >= 0.3 is 0 Å². The number of hydrogen-bond donors (Lipinski definition) is 1. The topological polar surface area (TPSA) is 76.9 Å². The molecule has 0 radical (unpaired) electrons. The van der Waals surface area contributed by atoms with Crippen molar-refractivity contribution in [3.8, 4) is 0 Å². The number of carbonyl (C=O) groups excluding carboxylic acids is 1. The van der Waals surface area contributed by atoms with Gasteiger partial charge in [-0.2, -0.15) is 5.10 Å². The minimum Gasteiger partial charge on any atom is -0.350 e. The number of pyridine rings is 1. The average molecular weight is 244 g/mol. The van der Waals surface area contributed by atoms with E-state index >= 15 is 0 Å². The maximum absolute atomic E-state index is 11.7. The smallest absolute Gasteiger partial charge is 0.266 e. The monoisotopic (exact) mass is 244 g/mol. The number of hydrogen-bond acceptors (Lipinski definition) is 4. The van der Waals surface area contributed by atoms with E-state index in [-0.39, 0.29) is 11.5 Å². The molecule has 2 aromatic rings. The summed E-state index contributed by atoms with van der Waals surface area (Å²) in [6.45, 7) is 0.689. The number of rotatable bonds is 4. The van der Waals surface area contributed by atoms with E-state index in [4.69, 9.17) is 0 Å². The van der Waals surface area contributed by atoms with Crippen molar-refractivity contribution in [2.45, 2.75) is 6.54 Å². The standard InChI is InChI=1S/C12H12N4O2/c17-11-2-1-5-15-16(11)9-8-14-12(18)10-3-6-13-7-4-10/h1-7H,8-9H2,(H,14,18). The highest BCUT2D eigenvalue weighted by Crippen LogP contribution is 1.94. The molecule has 0 spiro atoms. The van der Waals surface area contributed by atoms with E-state index in [9.17, 15) is 9.59 Å². The summed E-state index contributed by atoms with van der Waals surface area (Å²) in [5.41, 5.74) is 0.356.